The lowest BCUT2D eigenvalue weighted by Crippen LogP contribution is -2.47. The molecular formula is C20H30N2O2. The van der Waals surface area contributed by atoms with Crippen molar-refractivity contribution in [3.8, 4) is 0 Å². The molecule has 1 heterocycles. The summed E-state index contributed by atoms with van der Waals surface area (Å²) in [6, 6.07) is 8.16. The number of hydrogen-bond acceptors (Lipinski definition) is 2. The molecule has 4 nitrogen and oxygen atoms in total. The lowest BCUT2D eigenvalue weighted by Gasteiger charge is -2.35. The fourth-order valence-electron chi connectivity index (χ4n) is 3.30. The number of carbonyl (C=O) groups excluding carboxylic acids is 2. The summed E-state index contributed by atoms with van der Waals surface area (Å²) in [6.07, 6.45) is 2.64. The minimum Gasteiger partial charge on any atom is -0.342 e. The first-order valence-electron chi connectivity index (χ1n) is 9.02. The Bertz CT molecular complexity index is 585. The van der Waals surface area contributed by atoms with E-state index in [1.807, 2.05) is 42.8 Å². The van der Waals surface area contributed by atoms with Crippen molar-refractivity contribution in [2.24, 2.45) is 11.8 Å². The van der Waals surface area contributed by atoms with Crippen LogP contribution in [0.5, 0.6) is 0 Å². The van der Waals surface area contributed by atoms with Crippen LogP contribution in [0, 0.1) is 18.8 Å². The number of amides is 2. The van der Waals surface area contributed by atoms with E-state index in [2.05, 4.69) is 19.1 Å². The molecule has 0 aromatic heterocycles. The van der Waals surface area contributed by atoms with Crippen molar-refractivity contribution in [1.82, 2.24) is 9.80 Å². The van der Waals surface area contributed by atoms with Gasteiger partial charge in [0.2, 0.25) is 11.8 Å². The van der Waals surface area contributed by atoms with E-state index in [1.54, 1.807) is 0 Å². The van der Waals surface area contributed by atoms with Gasteiger partial charge in [-0.2, -0.15) is 0 Å². The fraction of sp³-hybridized carbons (Fsp3) is 0.600. The Morgan fingerprint density at radius 1 is 1.33 bits per heavy atom. The van der Waals surface area contributed by atoms with Crippen LogP contribution < -0.4 is 0 Å². The van der Waals surface area contributed by atoms with Crippen molar-refractivity contribution in [2.45, 2.75) is 46.6 Å². The molecule has 24 heavy (non-hydrogen) atoms. The predicted octanol–water partition coefficient (Wildman–Crippen LogP) is 3.24. The molecule has 0 bridgehead atoms. The monoisotopic (exact) mass is 330 g/mol. The largest absolute Gasteiger partial charge is 0.342 e. The first kappa shape index (κ1) is 18.5. The van der Waals surface area contributed by atoms with Crippen LogP contribution >= 0.6 is 0 Å². The van der Waals surface area contributed by atoms with E-state index in [0.717, 1.165) is 25.8 Å². The second kappa shape index (κ2) is 8.32. The summed E-state index contributed by atoms with van der Waals surface area (Å²) < 4.78 is 0. The molecule has 0 aliphatic carbocycles. The Balaban J connectivity index is 1.98. The topological polar surface area (TPSA) is 40.6 Å². The third kappa shape index (κ3) is 4.37. The summed E-state index contributed by atoms with van der Waals surface area (Å²) >= 11 is 0. The van der Waals surface area contributed by atoms with Gasteiger partial charge in [0.15, 0.2) is 0 Å². The highest BCUT2D eigenvalue weighted by molar-refractivity contribution is 5.82. The first-order valence-corrected chi connectivity index (χ1v) is 9.02. The Morgan fingerprint density at radius 2 is 2.04 bits per heavy atom. The van der Waals surface area contributed by atoms with Crippen LogP contribution in [0.2, 0.25) is 0 Å². The molecule has 1 fully saturated rings. The average Bonchev–Trinajstić information content (AvgIpc) is 2.61. The van der Waals surface area contributed by atoms with Crippen LogP contribution in [-0.4, -0.2) is 41.8 Å². The highest BCUT2D eigenvalue weighted by atomic mass is 16.2. The van der Waals surface area contributed by atoms with Crippen LogP contribution in [0.15, 0.2) is 24.3 Å². The normalized spacial score (nSPS) is 19.0. The number of rotatable bonds is 5. The van der Waals surface area contributed by atoms with Gasteiger partial charge < -0.3 is 9.80 Å². The molecular weight excluding hydrogens is 300 g/mol. The molecule has 0 spiro atoms. The van der Waals surface area contributed by atoms with Crippen molar-refractivity contribution in [3.05, 3.63) is 35.4 Å². The zero-order valence-electron chi connectivity index (χ0n) is 15.4. The SMILES string of the molecule is CC[C@@H](C)C(=O)N1CCC[C@H](C(=O)N(C)Cc2ccccc2C)C1. The van der Waals surface area contributed by atoms with Gasteiger partial charge in [0, 0.05) is 32.6 Å². The number of carbonyl (C=O) groups is 2. The summed E-state index contributed by atoms with van der Waals surface area (Å²) in [6.45, 7) is 8.06. The number of piperidine rings is 1. The second-order valence-electron chi connectivity index (χ2n) is 7.05. The summed E-state index contributed by atoms with van der Waals surface area (Å²) in [4.78, 5) is 28.9. The summed E-state index contributed by atoms with van der Waals surface area (Å²) in [7, 11) is 1.87. The third-order valence-electron chi connectivity index (χ3n) is 5.16. The standard InChI is InChI=1S/C20H30N2O2/c1-5-15(2)19(23)22-12-8-11-18(14-22)20(24)21(4)13-17-10-7-6-9-16(17)3/h6-7,9-10,15,18H,5,8,11-14H2,1-4H3/t15-,18+/m1/s1. The number of hydrogen-bond donors (Lipinski definition) is 0. The molecule has 132 valence electrons. The molecule has 2 rings (SSSR count). The van der Waals surface area contributed by atoms with Gasteiger partial charge in [0.25, 0.3) is 0 Å². The molecule has 1 aromatic carbocycles. The smallest absolute Gasteiger partial charge is 0.227 e. The van der Waals surface area contributed by atoms with Gasteiger partial charge in [0.1, 0.15) is 0 Å². The highest BCUT2D eigenvalue weighted by Crippen LogP contribution is 2.22. The predicted molar refractivity (Wildman–Crippen MR) is 96.4 cm³/mol. The number of nitrogens with zero attached hydrogens (tertiary/aromatic N) is 2. The maximum atomic E-state index is 12.8. The molecule has 2 amide bonds. The minimum absolute atomic E-state index is 0.0450. The molecule has 4 heteroatoms. The average molecular weight is 330 g/mol. The molecule has 2 atom stereocenters. The van der Waals surface area contributed by atoms with Gasteiger partial charge in [0.05, 0.1) is 5.92 Å². The second-order valence-corrected chi connectivity index (χ2v) is 7.05. The molecule has 1 aliphatic rings. The van der Waals surface area contributed by atoms with Gasteiger partial charge >= 0.3 is 0 Å². The van der Waals surface area contributed by atoms with Gasteiger partial charge in [-0.25, -0.2) is 0 Å². The Labute approximate surface area is 145 Å². The lowest BCUT2D eigenvalue weighted by atomic mass is 9.94. The van der Waals surface area contributed by atoms with E-state index >= 15 is 0 Å². The maximum absolute atomic E-state index is 12.8. The molecule has 1 saturated heterocycles. The van der Waals surface area contributed by atoms with E-state index in [1.165, 1.54) is 11.1 Å². The molecule has 0 saturated carbocycles. The van der Waals surface area contributed by atoms with Crippen molar-refractivity contribution in [1.29, 1.82) is 0 Å². The van der Waals surface area contributed by atoms with Crippen LogP contribution in [0.4, 0.5) is 0 Å². The van der Waals surface area contributed by atoms with Crippen LogP contribution in [0.1, 0.15) is 44.2 Å². The first-order chi connectivity index (χ1) is 11.4. The van der Waals surface area contributed by atoms with Gasteiger partial charge in [-0.05, 0) is 37.3 Å². The molecule has 0 unspecified atom stereocenters. The Morgan fingerprint density at radius 3 is 2.71 bits per heavy atom. The van der Waals surface area contributed by atoms with E-state index in [-0.39, 0.29) is 23.7 Å². The van der Waals surface area contributed by atoms with Crippen molar-refractivity contribution in [2.75, 3.05) is 20.1 Å². The van der Waals surface area contributed by atoms with Gasteiger partial charge in [-0.15, -0.1) is 0 Å². The van der Waals surface area contributed by atoms with E-state index in [4.69, 9.17) is 0 Å². The minimum atomic E-state index is -0.0687. The third-order valence-corrected chi connectivity index (χ3v) is 5.16. The van der Waals surface area contributed by atoms with E-state index < -0.39 is 0 Å². The highest BCUT2D eigenvalue weighted by Gasteiger charge is 2.31. The lowest BCUT2D eigenvalue weighted by molar-refractivity contribution is -0.142. The molecule has 0 N–H and O–H groups in total. The summed E-state index contributed by atoms with van der Waals surface area (Å²) in [5, 5.41) is 0. The van der Waals surface area contributed by atoms with Crippen LogP contribution in [0.3, 0.4) is 0 Å². The molecule has 1 aliphatic heterocycles. The van der Waals surface area contributed by atoms with Crippen molar-refractivity contribution >= 4 is 11.8 Å². The quantitative estimate of drug-likeness (QED) is 0.831. The zero-order chi connectivity index (χ0) is 17.7. The van der Waals surface area contributed by atoms with Crippen molar-refractivity contribution < 1.29 is 9.59 Å². The van der Waals surface area contributed by atoms with Crippen LogP contribution in [-0.2, 0) is 16.1 Å². The summed E-state index contributed by atoms with van der Waals surface area (Å²) in [5.74, 6) is 0.320. The van der Waals surface area contributed by atoms with E-state index in [9.17, 15) is 9.59 Å². The maximum Gasteiger partial charge on any atom is 0.227 e. The van der Waals surface area contributed by atoms with Gasteiger partial charge in [-0.3, -0.25) is 9.59 Å². The van der Waals surface area contributed by atoms with Crippen molar-refractivity contribution in [3.63, 3.8) is 0 Å². The van der Waals surface area contributed by atoms with E-state index in [0.29, 0.717) is 13.1 Å². The fourth-order valence-corrected chi connectivity index (χ4v) is 3.30. The van der Waals surface area contributed by atoms with Crippen LogP contribution in [0.25, 0.3) is 0 Å². The number of aryl methyl sites for hydroxylation is 1. The number of likely N-dealkylation sites (tertiary alicyclic amines) is 1. The summed E-state index contributed by atoms with van der Waals surface area (Å²) in [5.41, 5.74) is 2.38. The Kier molecular flexibility index (Phi) is 6.41. The van der Waals surface area contributed by atoms with Gasteiger partial charge in [-0.1, -0.05) is 38.1 Å². The molecule has 1 aromatic rings. The zero-order valence-corrected chi connectivity index (χ0v) is 15.4. The Hall–Kier alpha value is -1.84. The molecule has 0 radical (unpaired) electrons. The number of benzene rings is 1.